The summed E-state index contributed by atoms with van der Waals surface area (Å²) < 4.78 is 0. The van der Waals surface area contributed by atoms with E-state index in [1.165, 1.54) is 5.56 Å². The number of Topliss-reactive ketones (excluding diaryl/α,β-unsaturated/α-hetero) is 1. The fraction of sp³-hybridized carbons (Fsp3) is 0.161. The fourth-order valence-corrected chi connectivity index (χ4v) is 5.99. The van der Waals surface area contributed by atoms with Crippen LogP contribution in [0, 0.1) is 5.92 Å². The van der Waals surface area contributed by atoms with E-state index < -0.39 is 11.5 Å². The van der Waals surface area contributed by atoms with Crippen LogP contribution in [0.2, 0.25) is 0 Å². The second-order valence-electron chi connectivity index (χ2n) is 9.39. The number of amides is 1. The van der Waals surface area contributed by atoms with Crippen molar-refractivity contribution in [1.82, 2.24) is 5.32 Å². The van der Waals surface area contributed by atoms with Gasteiger partial charge in [-0.25, -0.2) is 0 Å². The Morgan fingerprint density at radius 3 is 2.06 bits per heavy atom. The molecule has 172 valence electrons. The van der Waals surface area contributed by atoms with Crippen molar-refractivity contribution >= 4 is 17.4 Å². The smallest absolute Gasteiger partial charge is 0.250 e. The lowest BCUT2D eigenvalue weighted by Crippen LogP contribution is -2.51. The van der Waals surface area contributed by atoms with E-state index >= 15 is 0 Å². The molecule has 1 amide bonds. The molecule has 0 saturated carbocycles. The Balaban J connectivity index is 1.57. The minimum Gasteiger partial charge on any atom is -0.324 e. The average Bonchev–Trinajstić information content (AvgIpc) is 3.39. The number of ketones is 1. The first-order chi connectivity index (χ1) is 17.2. The van der Waals surface area contributed by atoms with Gasteiger partial charge in [-0.15, -0.1) is 0 Å². The van der Waals surface area contributed by atoms with Gasteiger partial charge < -0.3 is 5.32 Å². The normalized spacial score (nSPS) is 24.8. The molecule has 4 atom stereocenters. The van der Waals surface area contributed by atoms with Crippen molar-refractivity contribution in [3.8, 4) is 0 Å². The van der Waals surface area contributed by atoms with Crippen molar-refractivity contribution in [3.63, 3.8) is 0 Å². The van der Waals surface area contributed by atoms with E-state index in [0.29, 0.717) is 12.0 Å². The topological polar surface area (TPSA) is 58.2 Å². The molecular weight excluding hydrogens is 432 g/mol. The lowest BCUT2D eigenvalue weighted by Gasteiger charge is -2.31. The minimum absolute atomic E-state index is 0.0191. The van der Waals surface area contributed by atoms with E-state index in [0.717, 1.165) is 16.8 Å². The van der Waals surface area contributed by atoms with Crippen molar-refractivity contribution in [3.05, 3.63) is 138 Å². The van der Waals surface area contributed by atoms with Gasteiger partial charge >= 0.3 is 0 Å². The van der Waals surface area contributed by atoms with Crippen LogP contribution in [0.1, 0.15) is 33.0 Å². The van der Waals surface area contributed by atoms with Gasteiger partial charge in [-0.2, -0.15) is 0 Å². The molecular formula is C31H26N2O2. The van der Waals surface area contributed by atoms with E-state index in [4.69, 9.17) is 0 Å². The van der Waals surface area contributed by atoms with Crippen LogP contribution in [0.4, 0.5) is 5.69 Å². The summed E-state index contributed by atoms with van der Waals surface area (Å²) in [6, 6.07) is 37.4. The Labute approximate surface area is 205 Å². The summed E-state index contributed by atoms with van der Waals surface area (Å²) in [5.74, 6) is -0.982. The molecule has 1 fully saturated rings. The van der Waals surface area contributed by atoms with E-state index in [1.807, 2.05) is 91.0 Å². The maximum Gasteiger partial charge on any atom is 0.250 e. The van der Waals surface area contributed by atoms with Crippen LogP contribution >= 0.6 is 0 Å². The van der Waals surface area contributed by atoms with Crippen LogP contribution in [0.3, 0.4) is 0 Å². The molecule has 35 heavy (non-hydrogen) atoms. The number of nitrogens with one attached hydrogen (secondary N) is 2. The molecule has 2 heterocycles. The van der Waals surface area contributed by atoms with Gasteiger partial charge in [0.2, 0.25) is 5.91 Å². The molecule has 2 N–H and O–H groups in total. The molecule has 6 rings (SSSR count). The summed E-state index contributed by atoms with van der Waals surface area (Å²) in [4.78, 5) is 28.2. The summed E-state index contributed by atoms with van der Waals surface area (Å²) >= 11 is 0. The predicted octanol–water partition coefficient (Wildman–Crippen LogP) is 5.33. The van der Waals surface area contributed by atoms with E-state index in [2.05, 4.69) is 34.9 Å². The third-order valence-electron chi connectivity index (χ3n) is 7.45. The molecule has 0 unspecified atom stereocenters. The van der Waals surface area contributed by atoms with Gasteiger partial charge in [0.25, 0.3) is 0 Å². The summed E-state index contributed by atoms with van der Waals surface area (Å²) in [6.07, 6.45) is 0.705. The van der Waals surface area contributed by atoms with E-state index in [-0.39, 0.29) is 23.7 Å². The second-order valence-corrected chi connectivity index (χ2v) is 9.39. The summed E-state index contributed by atoms with van der Waals surface area (Å²) in [6.45, 7) is 0. The highest BCUT2D eigenvalue weighted by atomic mass is 16.2. The molecule has 4 nitrogen and oxygen atoms in total. The van der Waals surface area contributed by atoms with Gasteiger partial charge in [-0.05, 0) is 23.6 Å². The summed E-state index contributed by atoms with van der Waals surface area (Å²) in [5, 5.41) is 6.81. The third kappa shape index (κ3) is 3.49. The van der Waals surface area contributed by atoms with Crippen molar-refractivity contribution in [2.45, 2.75) is 23.9 Å². The van der Waals surface area contributed by atoms with Crippen LogP contribution in [-0.4, -0.2) is 17.7 Å². The lowest BCUT2D eigenvalue weighted by atomic mass is 9.69. The second kappa shape index (κ2) is 8.64. The van der Waals surface area contributed by atoms with E-state index in [9.17, 15) is 9.59 Å². The maximum atomic E-state index is 14.3. The largest absolute Gasteiger partial charge is 0.324 e. The number of benzene rings is 4. The molecule has 2 aliphatic heterocycles. The predicted molar refractivity (Wildman–Crippen MR) is 137 cm³/mol. The molecule has 0 aliphatic carbocycles. The number of anilines is 1. The Morgan fingerprint density at radius 2 is 1.34 bits per heavy atom. The van der Waals surface area contributed by atoms with Gasteiger partial charge in [-0.1, -0.05) is 109 Å². The summed E-state index contributed by atoms with van der Waals surface area (Å²) in [5.41, 5.74) is 3.31. The third-order valence-corrected chi connectivity index (χ3v) is 7.45. The minimum atomic E-state index is -1.15. The maximum absolute atomic E-state index is 14.3. The number of hydrogen-bond acceptors (Lipinski definition) is 3. The Morgan fingerprint density at radius 1 is 0.743 bits per heavy atom. The van der Waals surface area contributed by atoms with Crippen LogP contribution in [0.15, 0.2) is 115 Å². The Hall–Kier alpha value is -4.02. The molecule has 1 spiro atoms. The zero-order chi connectivity index (χ0) is 23.8. The molecule has 0 radical (unpaired) electrons. The molecule has 2 aliphatic rings. The number of para-hydroxylation sites is 1. The number of carbonyl (C=O) groups excluding carboxylic acids is 2. The van der Waals surface area contributed by atoms with Gasteiger partial charge in [0.15, 0.2) is 5.78 Å². The average molecular weight is 459 g/mol. The standard InChI is InChI=1S/C31H26N2O2/c34-29(23-16-8-3-9-17-23)28-27(22-14-6-2-7-15-22)26(20-21-12-4-1-5-13-21)33-31(28)24-18-10-11-19-25(24)32-30(31)35/h1-19,26-28,33H,20H2,(H,32,35)/t26-,27-,28-,31+/m0/s1. The van der Waals surface area contributed by atoms with Gasteiger partial charge in [-0.3, -0.25) is 14.9 Å². The lowest BCUT2D eigenvalue weighted by molar-refractivity contribution is -0.122. The van der Waals surface area contributed by atoms with Crippen LogP contribution < -0.4 is 10.6 Å². The van der Waals surface area contributed by atoms with E-state index in [1.54, 1.807) is 0 Å². The van der Waals surface area contributed by atoms with Crippen molar-refractivity contribution in [1.29, 1.82) is 0 Å². The quantitative estimate of drug-likeness (QED) is 0.398. The Kier molecular flexibility index (Phi) is 5.31. The molecule has 0 aromatic heterocycles. The van der Waals surface area contributed by atoms with Crippen molar-refractivity contribution < 1.29 is 9.59 Å². The number of fused-ring (bicyclic) bond motifs is 2. The van der Waals surface area contributed by atoms with Crippen LogP contribution in [-0.2, 0) is 16.8 Å². The molecule has 4 heteroatoms. The molecule has 4 aromatic carbocycles. The van der Waals surface area contributed by atoms with Crippen molar-refractivity contribution in [2.75, 3.05) is 5.32 Å². The molecule has 4 aromatic rings. The Bertz CT molecular complexity index is 1370. The first kappa shape index (κ1) is 21.5. The summed E-state index contributed by atoms with van der Waals surface area (Å²) in [7, 11) is 0. The highest BCUT2D eigenvalue weighted by molar-refractivity contribution is 6.12. The molecule has 0 bridgehead atoms. The van der Waals surface area contributed by atoms with Crippen LogP contribution in [0.25, 0.3) is 0 Å². The first-order valence-electron chi connectivity index (χ1n) is 12.1. The highest BCUT2D eigenvalue weighted by Gasteiger charge is 2.64. The zero-order valence-electron chi connectivity index (χ0n) is 19.2. The first-order valence-corrected chi connectivity index (χ1v) is 12.1. The number of rotatable bonds is 5. The van der Waals surface area contributed by atoms with Crippen LogP contribution in [0.5, 0.6) is 0 Å². The SMILES string of the molecule is O=C(c1ccccc1)[C@@H]1[C@@H](c2ccccc2)[C@H](Cc2ccccc2)N[C@@]12C(=O)Nc1ccccc12. The molecule has 1 saturated heterocycles. The monoisotopic (exact) mass is 458 g/mol. The highest BCUT2D eigenvalue weighted by Crippen LogP contribution is 2.54. The van der Waals surface area contributed by atoms with Gasteiger partial charge in [0, 0.05) is 28.8 Å². The number of hydrogen-bond donors (Lipinski definition) is 2. The number of carbonyl (C=O) groups is 2. The van der Waals surface area contributed by atoms with Gasteiger partial charge in [0.1, 0.15) is 5.54 Å². The zero-order valence-corrected chi connectivity index (χ0v) is 19.2. The van der Waals surface area contributed by atoms with Crippen molar-refractivity contribution in [2.24, 2.45) is 5.92 Å². The van der Waals surface area contributed by atoms with Gasteiger partial charge in [0.05, 0.1) is 5.92 Å². The fourth-order valence-electron chi connectivity index (χ4n) is 5.99.